The smallest absolute Gasteiger partial charge is 0.239 e. The lowest BCUT2D eigenvalue weighted by molar-refractivity contribution is -0.255. The Morgan fingerprint density at radius 1 is 0.875 bits per heavy atom. The number of hydrogen-bond donors (Lipinski definition) is 2. The monoisotopic (exact) mass is 877 g/mol. The van der Waals surface area contributed by atoms with E-state index in [0.29, 0.717) is 48.5 Å². The summed E-state index contributed by atoms with van der Waals surface area (Å²) in [7, 11) is 1.88. The predicted molar refractivity (Wildman–Crippen MR) is 253 cm³/mol. The van der Waals surface area contributed by atoms with Crippen molar-refractivity contribution in [3.63, 3.8) is 0 Å². The molecule has 6 rings (SSSR count). The predicted octanol–water partition coefficient (Wildman–Crippen LogP) is 11.5. The van der Waals surface area contributed by atoms with E-state index in [0.717, 1.165) is 73.6 Å². The van der Waals surface area contributed by atoms with Crippen LogP contribution in [0.2, 0.25) is 0 Å². The average Bonchev–Trinajstić information content (AvgIpc) is 3.31. The number of carbonyl (C=O) groups is 2. The number of likely N-dealkylation sites (N-methyl/N-ethyl adjacent to an activating group) is 1. The number of aliphatic hydroxyl groups excluding tert-OH is 2. The first-order valence-corrected chi connectivity index (χ1v) is 24.1. The van der Waals surface area contributed by atoms with Crippen LogP contribution in [0.4, 0.5) is 0 Å². The Morgan fingerprint density at radius 3 is 2.31 bits per heavy atom. The molecule has 3 aromatic carbocycles. The van der Waals surface area contributed by atoms with E-state index in [1.54, 1.807) is 24.3 Å². The summed E-state index contributed by atoms with van der Waals surface area (Å²) in [6.07, 6.45) is 20.9. The van der Waals surface area contributed by atoms with Crippen LogP contribution in [0.3, 0.4) is 0 Å². The Morgan fingerprint density at radius 2 is 1.59 bits per heavy atom. The molecule has 0 unspecified atom stereocenters. The maximum atomic E-state index is 14.5. The van der Waals surface area contributed by atoms with Crippen molar-refractivity contribution in [2.24, 2.45) is 22.9 Å². The Hall–Kier alpha value is -4.77. The zero-order valence-corrected chi connectivity index (χ0v) is 38.3. The zero-order valence-electron chi connectivity index (χ0n) is 38.3. The molecule has 10 nitrogen and oxygen atoms in total. The standard InChI is InChI=1S/C54H72N2O8/c1-4-6-7-8-9-10-11-12-16-28-51(60)56(3)50-37-48(55-62-39-40-22-14-13-15-23-40)46-35-42(25-17-19-31-57)45(27-18-20-32-58)52-47-36-44(63-43-26-21-24-41(34-43)38-59)29-30-49(47)64-54(50,53(46)52)61-33-5-2/h5,13-15,21-24,26,29-30,34-36,38,42,45,50,52-53,57-58H,2,4,6-12,16-20,25,27-28,31-33,37,39H2,1,3H3/t42-,45+,50-,52+,53+,54+/m0/s1. The van der Waals surface area contributed by atoms with Crippen LogP contribution in [-0.4, -0.2) is 71.7 Å². The fourth-order valence-electron chi connectivity index (χ4n) is 10.3. The van der Waals surface area contributed by atoms with Gasteiger partial charge in [-0.2, -0.15) is 0 Å². The number of oxime groups is 1. The molecule has 3 aromatic rings. The van der Waals surface area contributed by atoms with Crippen molar-refractivity contribution in [3.8, 4) is 17.2 Å². The molecular weight excluding hydrogens is 805 g/mol. The van der Waals surface area contributed by atoms with Gasteiger partial charge in [0.05, 0.1) is 18.2 Å². The Balaban J connectivity index is 1.44. The summed E-state index contributed by atoms with van der Waals surface area (Å²) in [4.78, 5) is 34.2. The van der Waals surface area contributed by atoms with Crippen LogP contribution < -0.4 is 9.47 Å². The molecule has 10 heteroatoms. The van der Waals surface area contributed by atoms with Gasteiger partial charge in [-0.25, -0.2) is 0 Å². The number of nitrogens with zero attached hydrogens (tertiary/aromatic N) is 2. The minimum Gasteiger partial charge on any atom is -0.459 e. The lowest BCUT2D eigenvalue weighted by Gasteiger charge is -2.59. The highest BCUT2D eigenvalue weighted by Gasteiger charge is 2.65. The number of allylic oxidation sites excluding steroid dienone is 1. The molecule has 64 heavy (non-hydrogen) atoms. The third-order valence-corrected chi connectivity index (χ3v) is 13.5. The molecule has 0 aromatic heterocycles. The molecule has 346 valence electrons. The molecule has 0 spiro atoms. The van der Waals surface area contributed by atoms with Gasteiger partial charge in [0.2, 0.25) is 11.7 Å². The SMILES string of the molecule is C=CCO[C@@]12Oc3ccc(Oc4cccc(C=O)c4)cc3[C@H]3[C@H](CCCCO)[C@@H](CCCCO)C=C(C(=NOCc4ccccc4)C[C@@H]1N(C)C(=O)CCCCCCCCCCC)[C@H]32. The molecule has 2 N–H and O–H groups in total. The van der Waals surface area contributed by atoms with E-state index in [4.69, 9.17) is 24.2 Å². The molecule has 6 atom stereocenters. The maximum absolute atomic E-state index is 14.5. The van der Waals surface area contributed by atoms with Gasteiger partial charge < -0.3 is 34.2 Å². The summed E-state index contributed by atoms with van der Waals surface area (Å²) >= 11 is 0. The van der Waals surface area contributed by atoms with Crippen LogP contribution in [0.15, 0.2) is 102 Å². The van der Waals surface area contributed by atoms with Crippen molar-refractivity contribution in [1.29, 1.82) is 0 Å². The Kier molecular flexibility index (Phi) is 19.1. The summed E-state index contributed by atoms with van der Waals surface area (Å²) in [6.45, 7) is 7.00. The van der Waals surface area contributed by atoms with E-state index >= 15 is 0 Å². The first-order valence-electron chi connectivity index (χ1n) is 24.1. The number of unbranched alkanes of at least 4 members (excludes halogenated alkanes) is 10. The highest BCUT2D eigenvalue weighted by molar-refractivity contribution is 6.03. The van der Waals surface area contributed by atoms with E-state index in [1.807, 2.05) is 60.5 Å². The molecule has 0 bridgehead atoms. The van der Waals surface area contributed by atoms with Gasteiger partial charge >= 0.3 is 0 Å². The first-order chi connectivity index (χ1) is 31.4. The van der Waals surface area contributed by atoms with Gasteiger partial charge in [0.15, 0.2) is 0 Å². The summed E-state index contributed by atoms with van der Waals surface area (Å²) in [5.41, 5.74) is 4.24. The van der Waals surface area contributed by atoms with Crippen molar-refractivity contribution in [1.82, 2.24) is 4.90 Å². The number of aldehydes is 1. The van der Waals surface area contributed by atoms with E-state index in [2.05, 4.69) is 25.6 Å². The average molecular weight is 877 g/mol. The van der Waals surface area contributed by atoms with Crippen LogP contribution in [0, 0.1) is 17.8 Å². The number of aliphatic hydroxyl groups is 2. The van der Waals surface area contributed by atoms with E-state index < -0.39 is 17.7 Å². The van der Waals surface area contributed by atoms with Gasteiger partial charge in [-0.3, -0.25) is 9.59 Å². The molecular formula is C54H72N2O8. The van der Waals surface area contributed by atoms with Crippen LogP contribution in [0.5, 0.6) is 17.2 Å². The van der Waals surface area contributed by atoms with E-state index in [9.17, 15) is 19.8 Å². The fraction of sp³-hybridized carbons (Fsp3) is 0.537. The topological polar surface area (TPSA) is 127 Å². The van der Waals surface area contributed by atoms with E-state index in [1.165, 1.54) is 38.5 Å². The lowest BCUT2D eigenvalue weighted by Crippen LogP contribution is -2.69. The summed E-state index contributed by atoms with van der Waals surface area (Å²) < 4.78 is 20.9. The highest BCUT2D eigenvalue weighted by atomic mass is 16.7. The van der Waals surface area contributed by atoms with Gasteiger partial charge in [0, 0.05) is 50.1 Å². The fourth-order valence-corrected chi connectivity index (χ4v) is 10.3. The van der Waals surface area contributed by atoms with Crippen LogP contribution in [0.1, 0.15) is 143 Å². The Labute approximate surface area is 381 Å². The van der Waals surface area contributed by atoms with Gasteiger partial charge in [0.1, 0.15) is 36.2 Å². The van der Waals surface area contributed by atoms with Gasteiger partial charge in [-0.15, -0.1) is 6.58 Å². The van der Waals surface area contributed by atoms with Gasteiger partial charge in [-0.05, 0) is 85.4 Å². The lowest BCUT2D eigenvalue weighted by atomic mass is 9.55. The number of rotatable bonds is 28. The van der Waals surface area contributed by atoms with Crippen molar-refractivity contribution >= 4 is 17.9 Å². The third-order valence-electron chi connectivity index (χ3n) is 13.5. The largest absolute Gasteiger partial charge is 0.459 e. The maximum Gasteiger partial charge on any atom is 0.239 e. The van der Waals surface area contributed by atoms with Crippen molar-refractivity contribution in [3.05, 3.63) is 114 Å². The number of ether oxygens (including phenoxy) is 3. The molecule has 1 fully saturated rings. The molecule has 1 aliphatic heterocycles. The molecule has 1 saturated carbocycles. The molecule has 1 heterocycles. The quantitative estimate of drug-likeness (QED) is 0.0319. The Bertz CT molecular complexity index is 2000. The van der Waals surface area contributed by atoms with Crippen molar-refractivity contribution in [2.45, 2.75) is 140 Å². The van der Waals surface area contributed by atoms with Gasteiger partial charge in [0.25, 0.3) is 0 Å². The zero-order chi connectivity index (χ0) is 45.2. The number of fused-ring (bicyclic) bond motifs is 2. The molecule has 0 saturated heterocycles. The first kappa shape index (κ1) is 48.7. The van der Waals surface area contributed by atoms with Crippen molar-refractivity contribution < 1.29 is 38.9 Å². The second-order valence-corrected chi connectivity index (χ2v) is 17.9. The van der Waals surface area contributed by atoms with Crippen LogP contribution in [0.25, 0.3) is 0 Å². The molecule has 1 amide bonds. The van der Waals surface area contributed by atoms with Crippen LogP contribution in [-0.2, 0) is 21.0 Å². The normalized spacial score (nSPS) is 22.7. The number of amides is 1. The second-order valence-electron chi connectivity index (χ2n) is 17.9. The minimum atomic E-state index is -1.31. The summed E-state index contributed by atoms with van der Waals surface area (Å²) in [6, 6.07) is 22.4. The second kappa shape index (κ2) is 25.1. The molecule has 0 radical (unpaired) electrons. The van der Waals surface area contributed by atoms with E-state index in [-0.39, 0.29) is 50.1 Å². The summed E-state index contributed by atoms with van der Waals surface area (Å²) in [5, 5.41) is 24.8. The number of benzene rings is 3. The number of hydrogen-bond acceptors (Lipinski definition) is 9. The highest BCUT2D eigenvalue weighted by Crippen LogP contribution is 2.62. The van der Waals surface area contributed by atoms with Crippen LogP contribution >= 0.6 is 0 Å². The summed E-state index contributed by atoms with van der Waals surface area (Å²) in [5.74, 6) is 0.115. The molecule has 2 aliphatic carbocycles. The third kappa shape index (κ3) is 12.3. The van der Waals surface area contributed by atoms with Gasteiger partial charge in [-0.1, -0.05) is 131 Å². The molecule has 3 aliphatic rings. The van der Waals surface area contributed by atoms with Crippen molar-refractivity contribution in [2.75, 3.05) is 26.9 Å². The number of carbonyl (C=O) groups excluding carboxylic acids is 2. The minimum absolute atomic E-state index is 0.0379.